The minimum Gasteiger partial charge on any atom is -0.472 e. The first-order chi connectivity index (χ1) is 20.1. The molecule has 1 spiro atoms. The van der Waals surface area contributed by atoms with Gasteiger partial charge in [0.1, 0.15) is 17.8 Å². The maximum Gasteiger partial charge on any atom is 0.310 e. The van der Waals surface area contributed by atoms with Gasteiger partial charge >= 0.3 is 11.9 Å². The van der Waals surface area contributed by atoms with Crippen LogP contribution in [0.4, 0.5) is 0 Å². The Kier molecular flexibility index (Phi) is 6.09. The Bertz CT molecular complexity index is 1360. The van der Waals surface area contributed by atoms with Crippen LogP contribution in [0.15, 0.2) is 23.0 Å². The Hall–Kier alpha value is -2.31. The molecule has 43 heavy (non-hydrogen) atoms. The van der Waals surface area contributed by atoms with Crippen molar-refractivity contribution in [2.45, 2.75) is 109 Å². The van der Waals surface area contributed by atoms with E-state index in [9.17, 15) is 29.7 Å². The molecule has 2 aliphatic heterocycles. The van der Waals surface area contributed by atoms with Crippen LogP contribution in [0.25, 0.3) is 0 Å². The molecule has 14 unspecified atom stereocenters. The molecule has 6 aliphatic rings. The fourth-order valence-electron chi connectivity index (χ4n) is 11.2. The van der Waals surface area contributed by atoms with Crippen LogP contribution >= 0.6 is 0 Å². The van der Waals surface area contributed by atoms with Crippen LogP contribution in [-0.4, -0.2) is 82.1 Å². The number of aliphatic hydroxyl groups excluding tert-OH is 3. The van der Waals surface area contributed by atoms with E-state index in [1.165, 1.54) is 13.2 Å². The summed E-state index contributed by atoms with van der Waals surface area (Å²) in [5.74, 6) is -3.80. The first-order valence-electron chi connectivity index (χ1n) is 15.4. The monoisotopic (exact) mass is 602 g/mol. The van der Waals surface area contributed by atoms with Crippen molar-refractivity contribution >= 4 is 17.7 Å². The lowest BCUT2D eigenvalue weighted by atomic mass is 9.30. The lowest BCUT2D eigenvalue weighted by Gasteiger charge is -2.81. The van der Waals surface area contributed by atoms with Gasteiger partial charge in [0, 0.05) is 41.4 Å². The third kappa shape index (κ3) is 3.06. The highest BCUT2D eigenvalue weighted by atomic mass is 16.7. The summed E-state index contributed by atoms with van der Waals surface area (Å²) in [7, 11) is 0. The number of ether oxygens (including phenoxy) is 4. The zero-order valence-electron chi connectivity index (χ0n) is 25.4. The predicted molar refractivity (Wildman–Crippen MR) is 146 cm³/mol. The van der Waals surface area contributed by atoms with E-state index in [-0.39, 0.29) is 19.4 Å². The summed E-state index contributed by atoms with van der Waals surface area (Å²) in [5.41, 5.74) is -5.01. The van der Waals surface area contributed by atoms with Gasteiger partial charge in [-0.1, -0.05) is 27.7 Å². The summed E-state index contributed by atoms with van der Waals surface area (Å²) in [6, 6.07) is 1.79. The predicted octanol–water partition coefficient (Wildman–Crippen LogP) is 2.10. The van der Waals surface area contributed by atoms with Gasteiger partial charge < -0.3 is 38.7 Å². The average molecular weight is 603 g/mol. The summed E-state index contributed by atoms with van der Waals surface area (Å²) in [6.45, 7) is 10.2. The quantitative estimate of drug-likeness (QED) is 0.433. The van der Waals surface area contributed by atoms with E-state index in [4.69, 9.17) is 23.4 Å². The fraction of sp³-hybridized carbons (Fsp3) is 0.781. The van der Waals surface area contributed by atoms with E-state index in [2.05, 4.69) is 0 Å². The van der Waals surface area contributed by atoms with Crippen LogP contribution in [0.5, 0.6) is 0 Å². The second kappa shape index (κ2) is 8.90. The van der Waals surface area contributed by atoms with Crippen molar-refractivity contribution in [2.24, 2.45) is 39.4 Å². The van der Waals surface area contributed by atoms with Crippen LogP contribution in [0, 0.1) is 39.4 Å². The van der Waals surface area contributed by atoms with E-state index in [0.29, 0.717) is 6.42 Å². The molecule has 2 saturated heterocycles. The SMILES string of the molecule is CC(=O)OC1CC(O)C23COC(OC(=O)C(C)C)C1(C)C2CC1OC24C(O)CC(c5ccoc5)C2(C)C(O)C(=O)C3C14C. The molecule has 6 fully saturated rings. The van der Waals surface area contributed by atoms with Crippen molar-refractivity contribution in [3.63, 3.8) is 0 Å². The molecule has 1 aromatic rings. The maximum atomic E-state index is 14.8. The number of hydrogen-bond donors (Lipinski definition) is 3. The van der Waals surface area contributed by atoms with Crippen molar-refractivity contribution in [1.82, 2.24) is 0 Å². The van der Waals surface area contributed by atoms with Gasteiger partial charge in [0.2, 0.25) is 6.29 Å². The lowest BCUT2D eigenvalue weighted by molar-refractivity contribution is -0.458. The summed E-state index contributed by atoms with van der Waals surface area (Å²) in [4.78, 5) is 39.9. The van der Waals surface area contributed by atoms with Crippen molar-refractivity contribution in [1.29, 1.82) is 0 Å². The number of hydrogen-bond acceptors (Lipinski definition) is 11. The number of carbonyl (C=O) groups excluding carboxylic acids is 3. The molecule has 11 heteroatoms. The molecule has 0 aromatic carbocycles. The maximum absolute atomic E-state index is 14.8. The lowest BCUT2D eigenvalue weighted by Crippen LogP contribution is -2.91. The molecule has 0 radical (unpaired) electrons. The summed E-state index contributed by atoms with van der Waals surface area (Å²) in [5, 5.41) is 36.0. The van der Waals surface area contributed by atoms with E-state index in [1.54, 1.807) is 26.2 Å². The number of carbonyl (C=O) groups is 3. The molecule has 3 heterocycles. The normalized spacial score (nSPS) is 52.9. The smallest absolute Gasteiger partial charge is 0.310 e. The number of Topliss-reactive ketones (excluding diaryl/α,β-unsaturated/α-hetero) is 1. The Morgan fingerprint density at radius 1 is 1.02 bits per heavy atom. The number of aliphatic hydroxyl groups is 3. The molecule has 2 bridgehead atoms. The molecular formula is C32H42O11. The highest BCUT2D eigenvalue weighted by Gasteiger charge is 2.91. The van der Waals surface area contributed by atoms with Crippen LogP contribution in [-0.2, 0) is 33.3 Å². The highest BCUT2D eigenvalue weighted by Crippen LogP contribution is 2.82. The molecule has 7 rings (SSSR count). The van der Waals surface area contributed by atoms with Crippen molar-refractivity contribution < 1.29 is 53.1 Å². The highest BCUT2D eigenvalue weighted by molar-refractivity contribution is 5.91. The van der Waals surface area contributed by atoms with Crippen LogP contribution < -0.4 is 0 Å². The Labute approximate surface area is 250 Å². The number of furan rings is 1. The molecule has 1 aromatic heterocycles. The van der Waals surface area contributed by atoms with E-state index in [0.717, 1.165) is 5.56 Å². The van der Waals surface area contributed by atoms with Gasteiger partial charge in [-0.15, -0.1) is 0 Å². The molecule has 11 nitrogen and oxygen atoms in total. The second-order valence-corrected chi connectivity index (χ2v) is 14.9. The zero-order valence-corrected chi connectivity index (χ0v) is 25.4. The second-order valence-electron chi connectivity index (χ2n) is 14.9. The van der Waals surface area contributed by atoms with Crippen LogP contribution in [0.2, 0.25) is 0 Å². The van der Waals surface area contributed by atoms with Gasteiger partial charge in [-0.25, -0.2) is 0 Å². The van der Waals surface area contributed by atoms with Gasteiger partial charge in [-0.3, -0.25) is 14.4 Å². The van der Waals surface area contributed by atoms with Gasteiger partial charge in [0.25, 0.3) is 0 Å². The Morgan fingerprint density at radius 3 is 2.37 bits per heavy atom. The average Bonchev–Trinajstić information content (AvgIpc) is 3.55. The first-order valence-corrected chi connectivity index (χ1v) is 15.4. The minimum atomic E-state index is -1.52. The van der Waals surface area contributed by atoms with Gasteiger partial charge in [0.05, 0.1) is 48.8 Å². The first kappa shape index (κ1) is 29.4. The summed E-state index contributed by atoms with van der Waals surface area (Å²) < 4.78 is 30.2. The largest absolute Gasteiger partial charge is 0.472 e. The summed E-state index contributed by atoms with van der Waals surface area (Å²) >= 11 is 0. The fourth-order valence-corrected chi connectivity index (χ4v) is 11.2. The standard InChI is InChI=1S/C32H42O11/c1-14(2)26(38)42-27-28(4)18-10-22-30(6)24(31(18,13-40-27)19(34)11-21(28)41-15(3)33)23(36)25(37)29(5)17(16-7-8-39-12-16)9-20(35)32(29,30)43-22/h7-8,12,14,17-22,24-25,27,34-35,37H,9-11,13H2,1-6H3. The van der Waals surface area contributed by atoms with Crippen molar-refractivity contribution in [3.8, 4) is 0 Å². The van der Waals surface area contributed by atoms with E-state index < -0.39 is 105 Å². The third-order valence-corrected chi connectivity index (χ3v) is 13.1. The molecule has 3 N–H and O–H groups in total. The molecule has 236 valence electrons. The molecule has 14 atom stereocenters. The van der Waals surface area contributed by atoms with Gasteiger partial charge in [-0.2, -0.15) is 0 Å². The topological polar surface area (TPSA) is 162 Å². The van der Waals surface area contributed by atoms with Gasteiger partial charge in [-0.05, 0) is 37.3 Å². The Morgan fingerprint density at radius 2 is 1.74 bits per heavy atom. The molecule has 4 aliphatic carbocycles. The summed E-state index contributed by atoms with van der Waals surface area (Å²) in [6.07, 6.45) is -2.44. The molecular weight excluding hydrogens is 560 g/mol. The molecule has 4 saturated carbocycles. The van der Waals surface area contributed by atoms with Crippen LogP contribution in [0.1, 0.15) is 72.3 Å². The zero-order chi connectivity index (χ0) is 31.1. The minimum absolute atomic E-state index is 0.00237. The van der Waals surface area contributed by atoms with E-state index in [1.807, 2.05) is 20.8 Å². The van der Waals surface area contributed by atoms with E-state index >= 15 is 0 Å². The van der Waals surface area contributed by atoms with Gasteiger partial charge in [0.15, 0.2) is 5.78 Å². The third-order valence-electron chi connectivity index (χ3n) is 13.1. The van der Waals surface area contributed by atoms with Crippen molar-refractivity contribution in [3.05, 3.63) is 24.2 Å². The Balaban J connectivity index is 1.38. The van der Waals surface area contributed by atoms with Crippen molar-refractivity contribution in [2.75, 3.05) is 6.61 Å². The number of ketones is 1. The molecule has 0 amide bonds. The number of rotatable bonds is 4. The number of esters is 2. The van der Waals surface area contributed by atoms with Crippen LogP contribution in [0.3, 0.4) is 0 Å².